The molecule has 0 atom stereocenters. The molecule has 0 aromatic heterocycles. The third-order valence-electron chi connectivity index (χ3n) is 7.90. The number of hydrogen-bond acceptors (Lipinski definition) is 4. The van der Waals surface area contributed by atoms with E-state index in [0.29, 0.717) is 18.6 Å². The molecule has 0 saturated carbocycles. The first kappa shape index (κ1) is 28.1. The Labute approximate surface area is 240 Å². The predicted molar refractivity (Wildman–Crippen MR) is 166 cm³/mol. The molecule has 0 amide bonds. The molecule has 0 aliphatic carbocycles. The molecule has 2 N–H and O–H groups in total. The van der Waals surface area contributed by atoms with E-state index in [9.17, 15) is 0 Å². The topological polar surface area (TPSA) is 36.5 Å². The molecule has 1 aliphatic rings. The van der Waals surface area contributed by atoms with Crippen LogP contribution in [-0.2, 0) is 13.2 Å². The van der Waals surface area contributed by atoms with Gasteiger partial charge in [-0.25, -0.2) is 0 Å². The lowest BCUT2D eigenvalue weighted by Gasteiger charge is -2.35. The van der Waals surface area contributed by atoms with Crippen LogP contribution in [0.25, 0.3) is 0 Å². The number of likely N-dealkylation sites (tertiary alicyclic amines) is 1. The molecule has 4 nitrogen and oxygen atoms in total. The molecule has 4 aromatic carbocycles. The molecule has 1 saturated heterocycles. The van der Waals surface area contributed by atoms with E-state index in [4.69, 9.17) is 4.74 Å². The molecule has 4 aromatic rings. The maximum absolute atomic E-state index is 5.90. The van der Waals surface area contributed by atoms with E-state index in [1.54, 1.807) is 0 Å². The number of hydrogen-bond donors (Lipinski definition) is 2. The Hall–Kier alpha value is -3.44. The van der Waals surface area contributed by atoms with Crippen molar-refractivity contribution in [3.05, 3.63) is 138 Å². The second-order valence-electron chi connectivity index (χ2n) is 10.9. The number of ether oxygens (including phenoxy) is 1. The zero-order chi connectivity index (χ0) is 27.2. The maximum atomic E-state index is 5.90. The van der Waals surface area contributed by atoms with Crippen molar-refractivity contribution in [2.75, 3.05) is 32.7 Å². The molecule has 40 heavy (non-hydrogen) atoms. The van der Waals surface area contributed by atoms with Crippen molar-refractivity contribution in [2.45, 2.75) is 44.4 Å². The van der Waals surface area contributed by atoms with Crippen molar-refractivity contribution in [1.29, 1.82) is 0 Å². The molecule has 0 spiro atoms. The highest BCUT2D eigenvalue weighted by molar-refractivity contribution is 5.33. The summed E-state index contributed by atoms with van der Waals surface area (Å²) < 4.78 is 5.90. The van der Waals surface area contributed by atoms with Crippen molar-refractivity contribution < 1.29 is 4.74 Å². The van der Waals surface area contributed by atoms with E-state index in [0.717, 1.165) is 51.4 Å². The van der Waals surface area contributed by atoms with Gasteiger partial charge in [-0.2, -0.15) is 0 Å². The molecule has 0 bridgehead atoms. The standard InChI is InChI=1S/C36H43N3O/c1-4-11-31(12-5-1)29-40-35-19-17-30(18-20-35)27-37-23-10-24-38-34-21-25-39(26-22-34)28-36(32-13-6-2-7-14-32)33-15-8-3-9-16-33/h1-9,11-20,34,36-38H,10,21-29H2. The smallest absolute Gasteiger partial charge is 0.119 e. The highest BCUT2D eigenvalue weighted by atomic mass is 16.5. The summed E-state index contributed by atoms with van der Waals surface area (Å²) in [5.74, 6) is 1.34. The maximum Gasteiger partial charge on any atom is 0.119 e. The fraction of sp³-hybridized carbons (Fsp3) is 0.333. The first-order valence-corrected chi connectivity index (χ1v) is 14.9. The summed E-state index contributed by atoms with van der Waals surface area (Å²) in [4.78, 5) is 2.66. The van der Waals surface area contributed by atoms with Crippen LogP contribution in [0.1, 0.15) is 47.4 Å². The van der Waals surface area contributed by atoms with Gasteiger partial charge in [-0.3, -0.25) is 0 Å². The second-order valence-corrected chi connectivity index (χ2v) is 10.9. The molecule has 0 unspecified atom stereocenters. The lowest BCUT2D eigenvalue weighted by atomic mass is 9.90. The lowest BCUT2D eigenvalue weighted by molar-refractivity contribution is 0.193. The van der Waals surface area contributed by atoms with E-state index >= 15 is 0 Å². The van der Waals surface area contributed by atoms with E-state index in [1.165, 1.54) is 35.1 Å². The van der Waals surface area contributed by atoms with Crippen LogP contribution >= 0.6 is 0 Å². The average molecular weight is 534 g/mol. The minimum Gasteiger partial charge on any atom is -0.489 e. The fourth-order valence-electron chi connectivity index (χ4n) is 5.55. The predicted octanol–water partition coefficient (Wildman–Crippen LogP) is 6.63. The zero-order valence-corrected chi connectivity index (χ0v) is 23.6. The van der Waals surface area contributed by atoms with Gasteiger partial charge in [-0.15, -0.1) is 0 Å². The SMILES string of the molecule is c1ccc(COc2ccc(CNCCCNC3CCN(CC(c4ccccc4)c4ccccc4)CC3)cc2)cc1. The number of benzene rings is 4. The van der Waals surface area contributed by atoms with Crippen LogP contribution < -0.4 is 15.4 Å². The van der Waals surface area contributed by atoms with Gasteiger partial charge < -0.3 is 20.3 Å². The monoisotopic (exact) mass is 533 g/mol. The quantitative estimate of drug-likeness (QED) is 0.178. The first-order valence-electron chi connectivity index (χ1n) is 14.9. The summed E-state index contributed by atoms with van der Waals surface area (Å²) in [6, 6.07) is 41.3. The van der Waals surface area contributed by atoms with Crippen molar-refractivity contribution >= 4 is 0 Å². The van der Waals surface area contributed by atoms with Gasteiger partial charge >= 0.3 is 0 Å². The Bertz CT molecular complexity index is 1180. The number of nitrogens with zero attached hydrogens (tertiary/aromatic N) is 1. The highest BCUT2D eigenvalue weighted by Gasteiger charge is 2.23. The normalized spacial score (nSPS) is 14.4. The van der Waals surface area contributed by atoms with Crippen molar-refractivity contribution in [3.63, 3.8) is 0 Å². The largest absolute Gasteiger partial charge is 0.489 e. The van der Waals surface area contributed by atoms with Gasteiger partial charge in [0.15, 0.2) is 0 Å². The molecular formula is C36H43N3O. The second kappa shape index (κ2) is 15.4. The summed E-state index contributed by atoms with van der Waals surface area (Å²) >= 11 is 0. The summed E-state index contributed by atoms with van der Waals surface area (Å²) in [5.41, 5.74) is 5.30. The molecule has 208 valence electrons. The molecule has 1 fully saturated rings. The van der Waals surface area contributed by atoms with Gasteiger partial charge in [-0.05, 0) is 79.8 Å². The molecule has 5 rings (SSSR count). The van der Waals surface area contributed by atoms with Crippen LogP contribution in [0, 0.1) is 0 Å². The van der Waals surface area contributed by atoms with Crippen LogP contribution in [0.3, 0.4) is 0 Å². The van der Waals surface area contributed by atoms with Crippen molar-refractivity contribution in [1.82, 2.24) is 15.5 Å². The Morgan fingerprint density at radius 3 is 1.90 bits per heavy atom. The Morgan fingerprint density at radius 1 is 0.675 bits per heavy atom. The first-order chi connectivity index (χ1) is 19.8. The molecule has 1 aliphatic heterocycles. The van der Waals surface area contributed by atoms with Crippen LogP contribution in [0.5, 0.6) is 5.75 Å². The molecule has 4 heteroatoms. The summed E-state index contributed by atoms with van der Waals surface area (Å²) in [6.07, 6.45) is 3.59. The van der Waals surface area contributed by atoms with E-state index < -0.39 is 0 Å². The number of rotatable bonds is 14. The Morgan fingerprint density at radius 2 is 1.27 bits per heavy atom. The van der Waals surface area contributed by atoms with Gasteiger partial charge in [0.05, 0.1) is 0 Å². The third kappa shape index (κ3) is 8.79. The van der Waals surface area contributed by atoms with E-state index in [2.05, 4.69) is 113 Å². The minimum atomic E-state index is 0.427. The number of piperidine rings is 1. The van der Waals surface area contributed by atoms with Crippen LogP contribution in [-0.4, -0.2) is 43.7 Å². The molecular weight excluding hydrogens is 490 g/mol. The summed E-state index contributed by atoms with van der Waals surface area (Å²) in [6.45, 7) is 7.00. The van der Waals surface area contributed by atoms with Crippen LogP contribution in [0.15, 0.2) is 115 Å². The minimum absolute atomic E-state index is 0.427. The number of nitrogens with one attached hydrogen (secondary N) is 2. The fourth-order valence-corrected chi connectivity index (χ4v) is 5.55. The van der Waals surface area contributed by atoms with Gasteiger partial charge in [0.1, 0.15) is 12.4 Å². The Balaban J connectivity index is 0.954. The summed E-state index contributed by atoms with van der Waals surface area (Å²) in [7, 11) is 0. The van der Waals surface area contributed by atoms with Gasteiger partial charge in [0.25, 0.3) is 0 Å². The molecule has 1 heterocycles. The third-order valence-corrected chi connectivity index (χ3v) is 7.90. The van der Waals surface area contributed by atoms with E-state index in [1.807, 2.05) is 18.2 Å². The van der Waals surface area contributed by atoms with E-state index in [-0.39, 0.29) is 0 Å². The lowest BCUT2D eigenvalue weighted by Crippen LogP contribution is -2.44. The van der Waals surface area contributed by atoms with Gasteiger partial charge in [-0.1, -0.05) is 103 Å². The zero-order valence-electron chi connectivity index (χ0n) is 23.6. The van der Waals surface area contributed by atoms with Crippen molar-refractivity contribution in [3.8, 4) is 5.75 Å². The van der Waals surface area contributed by atoms with Crippen LogP contribution in [0.2, 0.25) is 0 Å². The Kier molecular flexibility index (Phi) is 10.8. The van der Waals surface area contributed by atoms with Crippen LogP contribution in [0.4, 0.5) is 0 Å². The molecule has 0 radical (unpaired) electrons. The summed E-state index contributed by atoms with van der Waals surface area (Å²) in [5, 5.41) is 7.40. The highest BCUT2D eigenvalue weighted by Crippen LogP contribution is 2.27. The average Bonchev–Trinajstić information content (AvgIpc) is 3.03. The van der Waals surface area contributed by atoms with Crippen molar-refractivity contribution in [2.24, 2.45) is 0 Å². The van der Waals surface area contributed by atoms with Gasteiger partial charge in [0.2, 0.25) is 0 Å². The van der Waals surface area contributed by atoms with Gasteiger partial charge in [0, 0.05) is 25.0 Å².